The summed E-state index contributed by atoms with van der Waals surface area (Å²) in [6.45, 7) is 2.29. The predicted octanol–water partition coefficient (Wildman–Crippen LogP) is 2.55. The van der Waals surface area contributed by atoms with Crippen LogP contribution in [0.2, 0.25) is 0 Å². The summed E-state index contributed by atoms with van der Waals surface area (Å²) in [6, 6.07) is 1.63. The number of unbranched alkanes of at least 4 members (excludes halogenated alkanes) is 2. The van der Waals surface area contributed by atoms with Crippen molar-refractivity contribution in [3.05, 3.63) is 46.8 Å². The third kappa shape index (κ3) is 7.35. The predicted molar refractivity (Wildman–Crippen MR) is 141 cm³/mol. The van der Waals surface area contributed by atoms with Crippen molar-refractivity contribution in [2.45, 2.75) is 51.9 Å². The van der Waals surface area contributed by atoms with Crippen LogP contribution in [0.25, 0.3) is 17.2 Å². The molecule has 1 aliphatic rings. The van der Waals surface area contributed by atoms with Crippen molar-refractivity contribution in [2.75, 3.05) is 12.3 Å². The zero-order chi connectivity index (χ0) is 26.9. The number of nitrogens with two attached hydrogens (primary N) is 3. The van der Waals surface area contributed by atoms with E-state index in [0.717, 1.165) is 12.8 Å². The molecular weight excluding hydrogens is 477 g/mol. The number of fused-ring (bicyclic) bond motifs is 1. The van der Waals surface area contributed by atoms with Crippen molar-refractivity contribution in [1.29, 1.82) is 0 Å². The van der Waals surface area contributed by atoms with Gasteiger partial charge in [-0.2, -0.15) is 0 Å². The minimum atomic E-state index is -0.475. The van der Waals surface area contributed by atoms with E-state index in [2.05, 4.69) is 20.6 Å². The highest BCUT2D eigenvalue weighted by molar-refractivity contribution is 6.02. The molecule has 0 aliphatic carbocycles. The number of aliphatic imine (C=N–C) groups is 1. The number of carbonyl (C=O) groups is 3. The molecule has 0 saturated heterocycles. The first-order valence-electron chi connectivity index (χ1n) is 12.1. The van der Waals surface area contributed by atoms with E-state index in [0.29, 0.717) is 53.7 Å². The summed E-state index contributed by atoms with van der Waals surface area (Å²) in [5.41, 5.74) is 20.4. The molecule has 2 heterocycles. The van der Waals surface area contributed by atoms with Crippen LogP contribution in [0.5, 0.6) is 0 Å². The molecule has 0 radical (unpaired) electrons. The largest absolute Gasteiger partial charge is 0.397 e. The molecular formula is C26H32FN7O3. The lowest BCUT2D eigenvalue weighted by Gasteiger charge is -2.18. The zero-order valence-corrected chi connectivity index (χ0v) is 20.8. The van der Waals surface area contributed by atoms with E-state index in [1.54, 1.807) is 19.1 Å². The summed E-state index contributed by atoms with van der Waals surface area (Å²) in [5, 5.41) is 5.39. The van der Waals surface area contributed by atoms with Gasteiger partial charge in [-0.15, -0.1) is 0 Å². The van der Waals surface area contributed by atoms with Gasteiger partial charge in [0.25, 0.3) is 0 Å². The van der Waals surface area contributed by atoms with Crippen molar-refractivity contribution in [2.24, 2.45) is 16.5 Å². The Bertz CT molecular complexity index is 1260. The number of nitrogen functional groups attached to an aromatic ring is 1. The fourth-order valence-corrected chi connectivity index (χ4v) is 3.89. The summed E-state index contributed by atoms with van der Waals surface area (Å²) in [6.07, 6.45) is 9.41. The second-order valence-electron chi connectivity index (χ2n) is 8.88. The van der Waals surface area contributed by atoms with E-state index in [9.17, 15) is 14.4 Å². The molecule has 1 aliphatic heterocycles. The molecule has 8 N–H and O–H groups in total. The van der Waals surface area contributed by atoms with Gasteiger partial charge in [-0.3, -0.25) is 24.4 Å². The van der Waals surface area contributed by atoms with E-state index in [-0.39, 0.29) is 47.6 Å². The lowest BCUT2D eigenvalue weighted by Crippen LogP contribution is -2.28. The van der Waals surface area contributed by atoms with Gasteiger partial charge in [-0.05, 0) is 49.5 Å². The Kier molecular flexibility index (Phi) is 9.31. The van der Waals surface area contributed by atoms with Gasteiger partial charge < -0.3 is 27.8 Å². The number of carbonyl (C=O) groups excluding carboxylic acids is 3. The Labute approximate surface area is 214 Å². The molecule has 0 atom stereocenters. The number of amides is 3. The number of aromatic nitrogens is 1. The zero-order valence-electron chi connectivity index (χ0n) is 20.8. The third-order valence-electron chi connectivity index (χ3n) is 6.00. The summed E-state index contributed by atoms with van der Waals surface area (Å²) in [4.78, 5) is 43.0. The number of primary amides is 1. The molecule has 37 heavy (non-hydrogen) atoms. The summed E-state index contributed by atoms with van der Waals surface area (Å²) in [5.74, 6) is -1.19. The van der Waals surface area contributed by atoms with E-state index in [1.807, 2.05) is 0 Å². The summed E-state index contributed by atoms with van der Waals surface area (Å²) < 4.78 is 15.1. The number of nitrogens with zero attached hydrogens (tertiary/aromatic N) is 2. The Morgan fingerprint density at radius 1 is 1.00 bits per heavy atom. The lowest BCUT2D eigenvalue weighted by molar-refractivity contribution is -0.122. The van der Waals surface area contributed by atoms with Crippen LogP contribution < -0.4 is 27.8 Å². The van der Waals surface area contributed by atoms with Crippen LogP contribution in [0.15, 0.2) is 29.3 Å². The van der Waals surface area contributed by atoms with Gasteiger partial charge in [0.05, 0.1) is 11.9 Å². The number of nitrogens with one attached hydrogen (secondary N) is 2. The quantitative estimate of drug-likeness (QED) is 0.221. The number of benzene rings is 1. The van der Waals surface area contributed by atoms with Crippen molar-refractivity contribution >= 4 is 41.4 Å². The molecule has 0 spiro atoms. The average Bonchev–Trinajstić information content (AvgIpc) is 2.79. The minimum Gasteiger partial charge on any atom is -0.397 e. The van der Waals surface area contributed by atoms with Gasteiger partial charge in [0.2, 0.25) is 17.7 Å². The Morgan fingerprint density at radius 3 is 2.46 bits per heavy atom. The molecule has 0 saturated carbocycles. The first-order valence-corrected chi connectivity index (χ1v) is 12.1. The van der Waals surface area contributed by atoms with Crippen molar-refractivity contribution < 1.29 is 18.8 Å². The first kappa shape index (κ1) is 27.3. The molecule has 1 aromatic carbocycles. The van der Waals surface area contributed by atoms with Gasteiger partial charge in [0.1, 0.15) is 11.5 Å². The maximum Gasteiger partial charge on any atom is 0.225 e. The Morgan fingerprint density at radius 2 is 1.76 bits per heavy atom. The molecule has 11 heteroatoms. The molecule has 196 valence electrons. The van der Waals surface area contributed by atoms with E-state index in [1.165, 1.54) is 18.6 Å². The highest BCUT2D eigenvalue weighted by Crippen LogP contribution is 2.40. The van der Waals surface area contributed by atoms with Crippen LogP contribution in [0.1, 0.15) is 61.6 Å². The van der Waals surface area contributed by atoms with E-state index < -0.39 is 5.82 Å². The number of hydrogen-bond donors (Lipinski definition) is 5. The number of pyridine rings is 1. The van der Waals surface area contributed by atoms with Gasteiger partial charge in [0, 0.05) is 54.9 Å². The highest BCUT2D eigenvalue weighted by Gasteiger charge is 2.23. The van der Waals surface area contributed by atoms with Gasteiger partial charge in [-0.25, -0.2) is 4.39 Å². The average molecular weight is 510 g/mol. The number of halogens is 1. The summed E-state index contributed by atoms with van der Waals surface area (Å²) in [7, 11) is 0. The molecule has 1 aromatic heterocycles. The smallest absolute Gasteiger partial charge is 0.225 e. The topological polar surface area (TPSA) is 179 Å². The monoisotopic (exact) mass is 509 g/mol. The fraction of sp³-hybridized carbons (Fsp3) is 0.346. The molecule has 2 aromatic rings. The van der Waals surface area contributed by atoms with E-state index >= 15 is 4.39 Å². The number of rotatable bonds is 13. The summed E-state index contributed by atoms with van der Waals surface area (Å²) >= 11 is 0. The SMILES string of the molecule is Cc1c(N)cncc1-c1cc(/C=C(\N)NC(=O)CCCC(=O)NCCCCCC(N)=O)c2c(c1F)N=C2. The molecule has 3 amide bonds. The first-order chi connectivity index (χ1) is 17.7. The second-order valence-corrected chi connectivity index (χ2v) is 8.88. The normalized spacial score (nSPS) is 12.0. The number of anilines is 1. The van der Waals surface area contributed by atoms with Gasteiger partial charge >= 0.3 is 0 Å². The fourth-order valence-electron chi connectivity index (χ4n) is 3.89. The highest BCUT2D eigenvalue weighted by atomic mass is 19.1. The van der Waals surface area contributed by atoms with Crippen molar-refractivity contribution in [1.82, 2.24) is 15.6 Å². The van der Waals surface area contributed by atoms with Crippen LogP contribution >= 0.6 is 0 Å². The van der Waals surface area contributed by atoms with Crippen molar-refractivity contribution in [3.8, 4) is 11.1 Å². The molecule has 10 nitrogen and oxygen atoms in total. The van der Waals surface area contributed by atoms with Crippen LogP contribution in [0, 0.1) is 12.7 Å². The van der Waals surface area contributed by atoms with Crippen molar-refractivity contribution in [3.63, 3.8) is 0 Å². The van der Waals surface area contributed by atoms with Gasteiger partial charge in [0.15, 0.2) is 5.82 Å². The van der Waals surface area contributed by atoms with Gasteiger partial charge in [-0.1, -0.05) is 6.42 Å². The Hall–Kier alpha value is -4.28. The molecule has 0 unspecified atom stereocenters. The van der Waals surface area contributed by atoms with Crippen LogP contribution in [0.4, 0.5) is 15.8 Å². The Balaban J connectivity index is 1.52. The lowest BCUT2D eigenvalue weighted by atomic mass is 9.93. The molecule has 0 bridgehead atoms. The number of hydrogen-bond acceptors (Lipinski definition) is 7. The van der Waals surface area contributed by atoms with Crippen LogP contribution in [-0.2, 0) is 14.4 Å². The van der Waals surface area contributed by atoms with Crippen LogP contribution in [-0.4, -0.2) is 35.5 Å². The third-order valence-corrected chi connectivity index (χ3v) is 6.00. The minimum absolute atomic E-state index is 0.0906. The van der Waals surface area contributed by atoms with E-state index in [4.69, 9.17) is 17.2 Å². The molecule has 0 fully saturated rings. The van der Waals surface area contributed by atoms with Crippen LogP contribution in [0.3, 0.4) is 0 Å². The maximum atomic E-state index is 15.1. The molecule has 3 rings (SSSR count). The maximum absolute atomic E-state index is 15.1. The second kappa shape index (κ2) is 12.6. The standard InChI is InChI=1S/C26H32FN7O3/c1-15-18(12-31-14-20(15)28)17-10-16(19-13-33-26(19)25(17)27)11-21(29)34-24(37)8-5-7-23(36)32-9-4-2-3-6-22(30)35/h10-14H,2-9,28-29H2,1H3,(H2,30,35)(H,32,36)(H,34,37)/b21-11+.